The molecule has 0 saturated heterocycles. The molecule has 0 aliphatic heterocycles. The van der Waals surface area contributed by atoms with Crippen molar-refractivity contribution < 1.29 is 0 Å². The van der Waals surface area contributed by atoms with Crippen LogP contribution in [-0.2, 0) is 0 Å². The topological polar surface area (TPSA) is 29.3 Å². The van der Waals surface area contributed by atoms with E-state index in [0.29, 0.717) is 11.5 Å². The van der Waals surface area contributed by atoms with E-state index >= 15 is 0 Å². The molecule has 2 nitrogen and oxygen atoms in total. The Balaban J connectivity index is 4.30. The van der Waals surface area contributed by atoms with Crippen molar-refractivity contribution in [3.63, 3.8) is 0 Å². The third-order valence-electron chi connectivity index (χ3n) is 2.66. The molecular formula is C13H30N2. The van der Waals surface area contributed by atoms with Crippen LogP contribution in [0.2, 0.25) is 0 Å². The van der Waals surface area contributed by atoms with Gasteiger partial charge in [-0.1, -0.05) is 34.6 Å². The average Bonchev–Trinajstić information content (AvgIpc) is 2.12. The Bertz CT molecular complexity index is 143. The van der Waals surface area contributed by atoms with Gasteiger partial charge in [0, 0.05) is 12.6 Å². The number of hydrogen-bond donors (Lipinski definition) is 1. The summed E-state index contributed by atoms with van der Waals surface area (Å²) >= 11 is 0. The Labute approximate surface area is 96.2 Å². The van der Waals surface area contributed by atoms with E-state index in [0.717, 1.165) is 6.54 Å². The largest absolute Gasteiger partial charge is 0.329 e. The number of nitrogens with two attached hydrogens (primary N) is 1. The molecule has 0 fully saturated rings. The van der Waals surface area contributed by atoms with Gasteiger partial charge >= 0.3 is 0 Å². The van der Waals surface area contributed by atoms with Crippen molar-refractivity contribution >= 4 is 0 Å². The van der Waals surface area contributed by atoms with Crippen LogP contribution in [0.1, 0.15) is 53.9 Å². The predicted molar refractivity (Wildman–Crippen MR) is 69.1 cm³/mol. The van der Waals surface area contributed by atoms with Crippen LogP contribution < -0.4 is 5.73 Å². The number of hydrogen-bond acceptors (Lipinski definition) is 2. The molecular weight excluding hydrogens is 184 g/mol. The van der Waals surface area contributed by atoms with Crippen LogP contribution in [0, 0.1) is 5.41 Å². The van der Waals surface area contributed by atoms with Gasteiger partial charge in [0.1, 0.15) is 0 Å². The van der Waals surface area contributed by atoms with E-state index in [4.69, 9.17) is 5.73 Å². The second-order valence-electron chi connectivity index (χ2n) is 5.69. The minimum atomic E-state index is 0.379. The lowest BCUT2D eigenvalue weighted by Crippen LogP contribution is -2.43. The van der Waals surface area contributed by atoms with E-state index in [1.807, 2.05) is 0 Å². The molecule has 0 aromatic carbocycles. The maximum Gasteiger partial charge on any atom is 0.0223 e. The second-order valence-corrected chi connectivity index (χ2v) is 5.69. The molecule has 0 aliphatic carbocycles. The molecule has 1 unspecified atom stereocenters. The fourth-order valence-electron chi connectivity index (χ4n) is 2.12. The fourth-order valence-corrected chi connectivity index (χ4v) is 2.12. The summed E-state index contributed by atoms with van der Waals surface area (Å²) < 4.78 is 0. The molecule has 2 N–H and O–H groups in total. The molecule has 0 heterocycles. The van der Waals surface area contributed by atoms with Crippen molar-refractivity contribution in [3.8, 4) is 0 Å². The molecule has 15 heavy (non-hydrogen) atoms. The number of rotatable bonds is 7. The van der Waals surface area contributed by atoms with Gasteiger partial charge in [0.15, 0.2) is 0 Å². The first-order chi connectivity index (χ1) is 6.94. The zero-order chi connectivity index (χ0) is 11.9. The van der Waals surface area contributed by atoms with E-state index in [1.165, 1.54) is 32.4 Å². The monoisotopic (exact) mass is 214 g/mol. The van der Waals surface area contributed by atoms with Gasteiger partial charge in [0.25, 0.3) is 0 Å². The number of nitrogens with zero attached hydrogens (tertiary/aromatic N) is 1. The van der Waals surface area contributed by atoms with Gasteiger partial charge in [-0.3, -0.25) is 4.90 Å². The van der Waals surface area contributed by atoms with Gasteiger partial charge in [0.05, 0.1) is 0 Å². The molecule has 2 heteroatoms. The normalized spacial score (nSPS) is 14.6. The first-order valence-electron chi connectivity index (χ1n) is 6.38. The van der Waals surface area contributed by atoms with Crippen molar-refractivity contribution in [2.45, 2.75) is 59.9 Å². The summed E-state index contributed by atoms with van der Waals surface area (Å²) in [6.45, 7) is 14.5. The highest BCUT2D eigenvalue weighted by Gasteiger charge is 2.22. The van der Waals surface area contributed by atoms with Gasteiger partial charge in [0.2, 0.25) is 0 Å². The molecule has 0 spiro atoms. The highest BCUT2D eigenvalue weighted by Crippen LogP contribution is 2.23. The van der Waals surface area contributed by atoms with Gasteiger partial charge in [-0.15, -0.1) is 0 Å². The van der Waals surface area contributed by atoms with Crippen molar-refractivity contribution in [2.75, 3.05) is 19.6 Å². The molecule has 0 aromatic heterocycles. The maximum atomic E-state index is 5.90. The van der Waals surface area contributed by atoms with Crippen molar-refractivity contribution in [1.82, 2.24) is 4.90 Å². The summed E-state index contributed by atoms with van der Waals surface area (Å²) in [7, 11) is 0. The van der Waals surface area contributed by atoms with Crippen LogP contribution in [0.3, 0.4) is 0 Å². The summed E-state index contributed by atoms with van der Waals surface area (Å²) in [5.41, 5.74) is 6.28. The molecule has 1 atom stereocenters. The minimum Gasteiger partial charge on any atom is -0.329 e. The van der Waals surface area contributed by atoms with Crippen LogP contribution in [0.5, 0.6) is 0 Å². The summed E-state index contributed by atoms with van der Waals surface area (Å²) in [5, 5.41) is 0. The van der Waals surface area contributed by atoms with E-state index in [9.17, 15) is 0 Å². The fraction of sp³-hybridized carbons (Fsp3) is 1.00. The van der Waals surface area contributed by atoms with E-state index < -0.39 is 0 Å². The van der Waals surface area contributed by atoms with E-state index in [-0.39, 0.29) is 0 Å². The van der Waals surface area contributed by atoms with E-state index in [1.54, 1.807) is 0 Å². The summed E-state index contributed by atoms with van der Waals surface area (Å²) in [4.78, 5) is 2.56. The lowest BCUT2D eigenvalue weighted by molar-refractivity contribution is 0.152. The lowest BCUT2D eigenvalue weighted by Gasteiger charge is -2.34. The second kappa shape index (κ2) is 7.24. The smallest absolute Gasteiger partial charge is 0.0223 e. The Morgan fingerprint density at radius 2 is 1.53 bits per heavy atom. The zero-order valence-corrected chi connectivity index (χ0v) is 11.3. The first kappa shape index (κ1) is 14.9. The van der Waals surface area contributed by atoms with Crippen LogP contribution >= 0.6 is 0 Å². The quantitative estimate of drug-likeness (QED) is 0.706. The Morgan fingerprint density at radius 3 is 1.80 bits per heavy atom. The molecule has 0 amide bonds. The zero-order valence-electron chi connectivity index (χ0n) is 11.3. The van der Waals surface area contributed by atoms with Crippen molar-refractivity contribution in [2.24, 2.45) is 11.1 Å². The Kier molecular flexibility index (Phi) is 7.20. The molecule has 0 radical (unpaired) electrons. The maximum absolute atomic E-state index is 5.90. The molecule has 92 valence electrons. The van der Waals surface area contributed by atoms with Gasteiger partial charge in [-0.25, -0.2) is 0 Å². The van der Waals surface area contributed by atoms with Gasteiger partial charge < -0.3 is 5.73 Å². The SMILES string of the molecule is CCCN(CCC)C(CN)CC(C)(C)C. The summed E-state index contributed by atoms with van der Waals surface area (Å²) in [6.07, 6.45) is 3.64. The highest BCUT2D eigenvalue weighted by atomic mass is 15.2. The molecule has 0 aromatic rings. The van der Waals surface area contributed by atoms with Crippen LogP contribution in [-0.4, -0.2) is 30.6 Å². The molecule has 0 rings (SSSR count). The molecule has 0 aliphatic rings. The molecule has 0 saturated carbocycles. The van der Waals surface area contributed by atoms with Crippen molar-refractivity contribution in [1.29, 1.82) is 0 Å². The van der Waals surface area contributed by atoms with Crippen LogP contribution in [0.15, 0.2) is 0 Å². The lowest BCUT2D eigenvalue weighted by atomic mass is 9.87. The van der Waals surface area contributed by atoms with Gasteiger partial charge in [-0.2, -0.15) is 0 Å². The predicted octanol–water partition coefficient (Wildman–Crippen LogP) is 2.87. The van der Waals surface area contributed by atoms with Crippen LogP contribution in [0.25, 0.3) is 0 Å². The third kappa shape index (κ3) is 6.91. The molecule has 0 bridgehead atoms. The van der Waals surface area contributed by atoms with Crippen molar-refractivity contribution in [3.05, 3.63) is 0 Å². The van der Waals surface area contributed by atoms with Gasteiger partial charge in [-0.05, 0) is 37.8 Å². The first-order valence-corrected chi connectivity index (χ1v) is 6.38. The third-order valence-corrected chi connectivity index (χ3v) is 2.66. The Morgan fingerprint density at radius 1 is 1.07 bits per heavy atom. The summed E-state index contributed by atoms with van der Waals surface area (Å²) in [6, 6.07) is 0.560. The standard InChI is InChI=1S/C13H30N2/c1-6-8-15(9-7-2)12(11-14)10-13(3,4)5/h12H,6-11,14H2,1-5H3. The highest BCUT2D eigenvalue weighted by molar-refractivity contribution is 4.78. The average molecular weight is 214 g/mol. The van der Waals surface area contributed by atoms with Crippen LogP contribution in [0.4, 0.5) is 0 Å². The van der Waals surface area contributed by atoms with E-state index in [2.05, 4.69) is 39.5 Å². The Hall–Kier alpha value is -0.0800. The summed E-state index contributed by atoms with van der Waals surface area (Å²) in [5.74, 6) is 0. The minimum absolute atomic E-state index is 0.379.